The highest BCUT2D eigenvalue weighted by molar-refractivity contribution is 6.28. The van der Waals surface area contributed by atoms with Gasteiger partial charge in [-0.1, -0.05) is 0 Å². The monoisotopic (exact) mass is 134 g/mol. The van der Waals surface area contributed by atoms with Crippen molar-refractivity contribution in [2.24, 2.45) is 0 Å². The molecule has 4 nitrogen and oxygen atoms in total. The molecule has 0 saturated heterocycles. The third-order valence-corrected chi connectivity index (χ3v) is 0.360. The van der Waals surface area contributed by atoms with Crippen molar-refractivity contribution in [3.8, 4) is 0 Å². The lowest BCUT2D eigenvalue weighted by molar-refractivity contribution is -0.161. The highest BCUT2D eigenvalue weighted by Gasteiger charge is 2.08. The normalized spacial score (nSPS) is 6.62. The molecule has 0 amide bonds. The number of hydrogen-bond acceptors (Lipinski definition) is 3. The van der Waals surface area contributed by atoms with Crippen LogP contribution in [-0.4, -0.2) is 41.5 Å². The molecule has 0 fully saturated rings. The molecule has 0 aromatic carbocycles. The lowest BCUT2D eigenvalue weighted by Gasteiger charge is -1.85. The lowest BCUT2D eigenvalue weighted by atomic mass is 10.7. The number of hydrogen-bond donors (Lipinski definition) is 1. The first kappa shape index (κ1) is 10.5. The molecule has 0 aromatic heterocycles. The van der Waals surface area contributed by atoms with Crippen LogP contribution in [0.5, 0.6) is 0 Å². The number of methoxy groups -OCH3 is 1. The van der Waals surface area contributed by atoms with E-state index >= 15 is 0 Å². The fourth-order valence-corrected chi connectivity index (χ4v) is 0.0873. The zero-order valence-electron chi connectivity index (χ0n) is 3.67. The molecule has 46 valence electrons. The Balaban J connectivity index is 0. The lowest BCUT2D eigenvalue weighted by Crippen LogP contribution is -2.13. The standard InChI is InChI=1S/C3H4O4.Al.3H/c1-7-3(6)2(4)5;;;;/h1H3,(H,4,5);;;;. The van der Waals surface area contributed by atoms with Crippen molar-refractivity contribution in [3.05, 3.63) is 0 Å². The van der Waals surface area contributed by atoms with Gasteiger partial charge >= 0.3 is 11.9 Å². The SMILES string of the molecule is COC(=O)C(=O)O.[AlH3]. The van der Waals surface area contributed by atoms with Crippen LogP contribution in [0.25, 0.3) is 0 Å². The van der Waals surface area contributed by atoms with Crippen molar-refractivity contribution in [1.82, 2.24) is 0 Å². The van der Waals surface area contributed by atoms with Gasteiger partial charge in [-0.3, -0.25) is 0 Å². The minimum atomic E-state index is -1.57. The molecular weight excluding hydrogens is 127 g/mol. The molecule has 0 spiro atoms. The van der Waals surface area contributed by atoms with E-state index in [-0.39, 0.29) is 17.4 Å². The summed E-state index contributed by atoms with van der Waals surface area (Å²) < 4.78 is 3.77. The predicted octanol–water partition coefficient (Wildman–Crippen LogP) is -1.94. The fraction of sp³-hybridized carbons (Fsp3) is 0.333. The van der Waals surface area contributed by atoms with Gasteiger partial charge in [0.05, 0.1) is 7.11 Å². The van der Waals surface area contributed by atoms with E-state index in [0.717, 1.165) is 7.11 Å². The Kier molecular flexibility index (Phi) is 6.05. The van der Waals surface area contributed by atoms with Crippen LogP contribution >= 0.6 is 0 Å². The molecule has 0 radical (unpaired) electrons. The van der Waals surface area contributed by atoms with Crippen LogP contribution in [-0.2, 0) is 14.3 Å². The van der Waals surface area contributed by atoms with Crippen LogP contribution in [0.1, 0.15) is 0 Å². The van der Waals surface area contributed by atoms with Gasteiger partial charge in [0.1, 0.15) is 0 Å². The molecule has 8 heavy (non-hydrogen) atoms. The number of esters is 1. The largest absolute Gasteiger partial charge is 0.473 e. The first-order valence-electron chi connectivity index (χ1n) is 1.49. The maximum Gasteiger partial charge on any atom is 0.417 e. The Bertz CT molecular complexity index is 99.5. The quantitative estimate of drug-likeness (QED) is 0.238. The van der Waals surface area contributed by atoms with Gasteiger partial charge in [-0.2, -0.15) is 0 Å². The van der Waals surface area contributed by atoms with Gasteiger partial charge in [0.2, 0.25) is 0 Å². The van der Waals surface area contributed by atoms with Crippen LogP contribution in [0.2, 0.25) is 0 Å². The summed E-state index contributed by atoms with van der Waals surface area (Å²) >= 11 is 0. The Labute approximate surface area is 56.6 Å². The molecule has 0 saturated carbocycles. The average Bonchev–Trinajstić information content (AvgIpc) is 1.65. The maximum absolute atomic E-state index is 9.69. The van der Waals surface area contributed by atoms with Crippen molar-refractivity contribution in [2.75, 3.05) is 7.11 Å². The van der Waals surface area contributed by atoms with Gasteiger partial charge in [-0.25, -0.2) is 9.59 Å². The summed E-state index contributed by atoms with van der Waals surface area (Å²) in [6.07, 6.45) is 0. The second-order valence-electron chi connectivity index (χ2n) is 0.797. The summed E-state index contributed by atoms with van der Waals surface area (Å²) in [5.74, 6) is -2.80. The molecular formula is C3H7AlO4. The average molecular weight is 134 g/mol. The Morgan fingerprint density at radius 2 is 1.88 bits per heavy atom. The highest BCUT2D eigenvalue weighted by Crippen LogP contribution is 1.68. The molecule has 0 aromatic rings. The van der Waals surface area contributed by atoms with Crippen molar-refractivity contribution >= 4 is 29.3 Å². The summed E-state index contributed by atoms with van der Waals surface area (Å²) in [5.41, 5.74) is 0. The topological polar surface area (TPSA) is 63.6 Å². The summed E-state index contributed by atoms with van der Waals surface area (Å²) in [5, 5.41) is 7.71. The van der Waals surface area contributed by atoms with Gasteiger partial charge < -0.3 is 9.84 Å². The van der Waals surface area contributed by atoms with E-state index < -0.39 is 11.9 Å². The smallest absolute Gasteiger partial charge is 0.417 e. The van der Waals surface area contributed by atoms with Gasteiger partial charge in [0.25, 0.3) is 0 Å². The van der Waals surface area contributed by atoms with Crippen molar-refractivity contribution < 1.29 is 19.4 Å². The van der Waals surface area contributed by atoms with Crippen LogP contribution in [0, 0.1) is 0 Å². The minimum Gasteiger partial charge on any atom is -0.473 e. The first-order chi connectivity index (χ1) is 3.18. The van der Waals surface area contributed by atoms with E-state index in [1.54, 1.807) is 0 Å². The zero-order valence-corrected chi connectivity index (χ0v) is 3.67. The molecule has 0 bridgehead atoms. The van der Waals surface area contributed by atoms with Crippen LogP contribution in [0.15, 0.2) is 0 Å². The number of carboxylic acid groups (broad SMARTS) is 1. The fourth-order valence-electron chi connectivity index (χ4n) is 0.0873. The molecule has 0 aliphatic heterocycles. The Morgan fingerprint density at radius 1 is 1.50 bits per heavy atom. The van der Waals surface area contributed by atoms with E-state index in [9.17, 15) is 9.59 Å². The summed E-state index contributed by atoms with van der Waals surface area (Å²) in [6, 6.07) is 0. The number of carbonyl (C=O) groups excluding carboxylic acids is 1. The van der Waals surface area contributed by atoms with Crippen molar-refractivity contribution in [1.29, 1.82) is 0 Å². The number of carbonyl (C=O) groups is 2. The molecule has 0 aliphatic rings. The molecule has 0 atom stereocenters. The van der Waals surface area contributed by atoms with Gasteiger partial charge in [-0.05, 0) is 0 Å². The number of carboxylic acids is 1. The van der Waals surface area contributed by atoms with Crippen molar-refractivity contribution in [2.45, 2.75) is 0 Å². The summed E-state index contributed by atoms with van der Waals surface area (Å²) in [7, 11) is 1.01. The second-order valence-corrected chi connectivity index (χ2v) is 0.797. The second kappa shape index (κ2) is 4.63. The van der Waals surface area contributed by atoms with Gasteiger partial charge in [-0.15, -0.1) is 0 Å². The first-order valence-corrected chi connectivity index (χ1v) is 1.49. The molecule has 0 heterocycles. The van der Waals surface area contributed by atoms with E-state index in [1.807, 2.05) is 0 Å². The zero-order chi connectivity index (χ0) is 5.86. The number of ether oxygens (including phenoxy) is 1. The van der Waals surface area contributed by atoms with E-state index in [1.165, 1.54) is 0 Å². The summed E-state index contributed by atoms with van der Waals surface area (Å²) in [6.45, 7) is 0. The van der Waals surface area contributed by atoms with Crippen LogP contribution in [0.3, 0.4) is 0 Å². The summed E-state index contributed by atoms with van der Waals surface area (Å²) in [4.78, 5) is 19.1. The maximum atomic E-state index is 9.69. The van der Waals surface area contributed by atoms with E-state index in [2.05, 4.69) is 4.74 Å². The Hall–Kier alpha value is -0.528. The molecule has 0 rings (SSSR count). The number of aliphatic carboxylic acids is 1. The van der Waals surface area contributed by atoms with E-state index in [0.29, 0.717) is 0 Å². The third-order valence-electron chi connectivity index (χ3n) is 0.360. The van der Waals surface area contributed by atoms with Crippen molar-refractivity contribution in [3.63, 3.8) is 0 Å². The predicted molar refractivity (Wildman–Crippen MR) is 29.6 cm³/mol. The van der Waals surface area contributed by atoms with Crippen LogP contribution < -0.4 is 0 Å². The molecule has 1 N–H and O–H groups in total. The van der Waals surface area contributed by atoms with E-state index in [4.69, 9.17) is 5.11 Å². The Morgan fingerprint density at radius 3 is 1.88 bits per heavy atom. The molecule has 0 aliphatic carbocycles. The minimum absolute atomic E-state index is 0. The highest BCUT2D eigenvalue weighted by atomic mass is 27.0. The molecule has 0 unspecified atom stereocenters. The molecule has 5 heteroatoms. The number of rotatable bonds is 0. The van der Waals surface area contributed by atoms with Gasteiger partial charge in [0, 0.05) is 0 Å². The van der Waals surface area contributed by atoms with Crippen LogP contribution in [0.4, 0.5) is 0 Å². The van der Waals surface area contributed by atoms with Gasteiger partial charge in [0.15, 0.2) is 17.4 Å². The third kappa shape index (κ3) is 3.66.